The van der Waals surface area contributed by atoms with Crippen LogP contribution in [0.15, 0.2) is 42.5 Å². The van der Waals surface area contributed by atoms with E-state index in [1.54, 1.807) is 30.3 Å². The lowest BCUT2D eigenvalue weighted by atomic mass is 10.1. The smallest absolute Gasteiger partial charge is 0.341 e. The molecule has 0 atom stereocenters. The first-order valence-electron chi connectivity index (χ1n) is 5.55. The number of ether oxygens (including phenoxy) is 1. The molecule has 0 aliphatic carbocycles. The zero-order valence-electron chi connectivity index (χ0n) is 10.2. The average molecular weight is 278 g/mol. The lowest BCUT2D eigenvalue weighted by Gasteiger charge is -2.11. The monoisotopic (exact) mass is 277 g/mol. The predicted octanol–water partition coefficient (Wildman–Crippen LogP) is 3.58. The van der Waals surface area contributed by atoms with Gasteiger partial charge in [0, 0.05) is 0 Å². The molecule has 0 unspecified atom stereocenters. The van der Waals surface area contributed by atoms with E-state index in [2.05, 4.69) is 10.1 Å². The van der Waals surface area contributed by atoms with Gasteiger partial charge in [-0.05, 0) is 24.3 Å². The van der Waals surface area contributed by atoms with E-state index in [4.69, 9.17) is 11.6 Å². The van der Waals surface area contributed by atoms with E-state index < -0.39 is 5.97 Å². The molecule has 0 aliphatic rings. The molecule has 5 heteroatoms. The Morgan fingerprint density at radius 3 is 2.53 bits per heavy atom. The van der Waals surface area contributed by atoms with Crippen molar-refractivity contribution in [2.75, 3.05) is 12.4 Å². The summed E-state index contributed by atoms with van der Waals surface area (Å²) in [5.74, 6) is -0.769. The number of carbonyl (C=O) groups is 1. The number of halogens is 1. The van der Waals surface area contributed by atoms with Crippen LogP contribution in [0, 0.1) is 0 Å². The van der Waals surface area contributed by atoms with Gasteiger partial charge >= 0.3 is 5.97 Å². The van der Waals surface area contributed by atoms with Crippen LogP contribution in [0.4, 0.5) is 11.4 Å². The molecule has 0 aromatic heterocycles. The molecule has 0 saturated heterocycles. The summed E-state index contributed by atoms with van der Waals surface area (Å²) in [6.07, 6.45) is 0. The number of methoxy groups -OCH3 is 1. The van der Waals surface area contributed by atoms with Crippen LogP contribution in [0.1, 0.15) is 10.4 Å². The predicted molar refractivity (Wildman–Crippen MR) is 74.2 cm³/mol. The van der Waals surface area contributed by atoms with Gasteiger partial charge in [-0.2, -0.15) is 0 Å². The summed E-state index contributed by atoms with van der Waals surface area (Å²) in [7, 11) is 1.26. The molecule has 0 aliphatic heterocycles. The van der Waals surface area contributed by atoms with Crippen molar-refractivity contribution in [2.24, 2.45) is 0 Å². The second-order valence-corrected chi connectivity index (χ2v) is 4.21. The van der Waals surface area contributed by atoms with Gasteiger partial charge in [-0.3, -0.25) is 0 Å². The summed E-state index contributed by atoms with van der Waals surface area (Å²) < 4.78 is 4.59. The fraction of sp³-hybridized carbons (Fsp3) is 0.0714. The van der Waals surface area contributed by atoms with E-state index >= 15 is 0 Å². The van der Waals surface area contributed by atoms with Crippen LogP contribution in [0.2, 0.25) is 5.02 Å². The topological polar surface area (TPSA) is 58.6 Å². The van der Waals surface area contributed by atoms with Crippen LogP contribution in [0.25, 0.3) is 0 Å². The number of phenols is 1. The molecule has 0 spiro atoms. The maximum Gasteiger partial charge on any atom is 0.341 e. The molecule has 2 aromatic rings. The normalized spacial score (nSPS) is 10.0. The van der Waals surface area contributed by atoms with Crippen molar-refractivity contribution >= 4 is 28.9 Å². The van der Waals surface area contributed by atoms with Crippen LogP contribution in [-0.2, 0) is 4.74 Å². The van der Waals surface area contributed by atoms with E-state index in [1.807, 2.05) is 6.07 Å². The first kappa shape index (κ1) is 13.2. The van der Waals surface area contributed by atoms with E-state index in [1.165, 1.54) is 13.2 Å². The molecule has 0 heterocycles. The fourth-order valence-electron chi connectivity index (χ4n) is 1.63. The maximum absolute atomic E-state index is 11.5. The quantitative estimate of drug-likeness (QED) is 0.665. The summed E-state index contributed by atoms with van der Waals surface area (Å²) >= 11 is 6.02. The van der Waals surface area contributed by atoms with Gasteiger partial charge in [0.2, 0.25) is 0 Å². The van der Waals surface area contributed by atoms with Gasteiger partial charge in [-0.15, -0.1) is 0 Å². The van der Waals surface area contributed by atoms with Gasteiger partial charge in [0.05, 0.1) is 23.5 Å². The number of esters is 1. The molecular formula is C14H12ClNO3. The Morgan fingerprint density at radius 2 is 1.84 bits per heavy atom. The number of carbonyl (C=O) groups excluding carboxylic acids is 1. The number of anilines is 2. The van der Waals surface area contributed by atoms with Gasteiger partial charge < -0.3 is 15.2 Å². The average Bonchev–Trinajstić information content (AvgIpc) is 2.42. The Bertz CT molecular complexity index is 613. The van der Waals surface area contributed by atoms with Gasteiger partial charge in [-0.1, -0.05) is 29.8 Å². The number of aromatic hydroxyl groups is 1. The minimum atomic E-state index is -0.597. The molecule has 98 valence electrons. The molecular weight excluding hydrogens is 266 g/mol. The van der Waals surface area contributed by atoms with E-state index in [0.717, 1.165) is 0 Å². The third-order valence-electron chi connectivity index (χ3n) is 2.58. The Kier molecular flexibility index (Phi) is 3.92. The third kappa shape index (κ3) is 2.80. The van der Waals surface area contributed by atoms with Crippen LogP contribution < -0.4 is 5.32 Å². The zero-order valence-corrected chi connectivity index (χ0v) is 10.9. The van der Waals surface area contributed by atoms with Crippen molar-refractivity contribution in [2.45, 2.75) is 0 Å². The molecule has 2 rings (SSSR count). The highest BCUT2D eigenvalue weighted by atomic mass is 35.5. The Balaban J connectivity index is 2.37. The Hall–Kier alpha value is -2.20. The van der Waals surface area contributed by atoms with Gasteiger partial charge in [0.25, 0.3) is 0 Å². The fourth-order valence-corrected chi connectivity index (χ4v) is 1.81. The summed E-state index contributed by atoms with van der Waals surface area (Å²) in [5.41, 5.74) is 1.12. The number of phenolic OH excluding ortho intramolecular Hbond substituents is 1. The van der Waals surface area contributed by atoms with Crippen molar-refractivity contribution in [1.29, 1.82) is 0 Å². The van der Waals surface area contributed by atoms with E-state index in [0.29, 0.717) is 16.4 Å². The molecule has 19 heavy (non-hydrogen) atoms. The summed E-state index contributed by atoms with van der Waals surface area (Å²) in [6.45, 7) is 0. The van der Waals surface area contributed by atoms with Gasteiger partial charge in [0.1, 0.15) is 5.56 Å². The van der Waals surface area contributed by atoms with Crippen molar-refractivity contribution in [3.63, 3.8) is 0 Å². The molecule has 0 saturated carbocycles. The Morgan fingerprint density at radius 1 is 1.16 bits per heavy atom. The standard InChI is InChI=1S/C14H12ClNO3/c1-19-14(18)9-5-4-8-12(13(9)17)16-11-7-3-2-6-10(11)15/h2-8,16-17H,1H3. The molecule has 0 radical (unpaired) electrons. The first-order valence-corrected chi connectivity index (χ1v) is 5.93. The minimum Gasteiger partial charge on any atom is -0.505 e. The summed E-state index contributed by atoms with van der Waals surface area (Å²) in [4.78, 5) is 11.5. The highest BCUT2D eigenvalue weighted by molar-refractivity contribution is 6.33. The first-order chi connectivity index (χ1) is 9.13. The number of hydrogen-bond acceptors (Lipinski definition) is 4. The highest BCUT2D eigenvalue weighted by Crippen LogP contribution is 2.32. The number of benzene rings is 2. The van der Waals surface area contributed by atoms with Crippen LogP contribution in [-0.4, -0.2) is 18.2 Å². The van der Waals surface area contributed by atoms with E-state index in [-0.39, 0.29) is 11.3 Å². The zero-order chi connectivity index (χ0) is 13.8. The lowest BCUT2D eigenvalue weighted by molar-refractivity contribution is 0.0597. The molecule has 0 bridgehead atoms. The number of nitrogens with one attached hydrogen (secondary N) is 1. The summed E-state index contributed by atoms with van der Waals surface area (Å²) in [5, 5.41) is 13.5. The highest BCUT2D eigenvalue weighted by Gasteiger charge is 2.14. The van der Waals surface area contributed by atoms with Crippen molar-refractivity contribution in [1.82, 2.24) is 0 Å². The van der Waals surface area contributed by atoms with Gasteiger partial charge in [-0.25, -0.2) is 4.79 Å². The molecule has 0 fully saturated rings. The molecule has 2 aromatic carbocycles. The number of hydrogen-bond donors (Lipinski definition) is 2. The number of rotatable bonds is 3. The SMILES string of the molecule is COC(=O)c1cccc(Nc2ccccc2Cl)c1O. The molecule has 4 nitrogen and oxygen atoms in total. The third-order valence-corrected chi connectivity index (χ3v) is 2.91. The van der Waals surface area contributed by atoms with Crippen LogP contribution >= 0.6 is 11.6 Å². The van der Waals surface area contributed by atoms with Crippen molar-refractivity contribution in [3.8, 4) is 5.75 Å². The molecule has 2 N–H and O–H groups in total. The molecule has 0 amide bonds. The largest absolute Gasteiger partial charge is 0.505 e. The summed E-state index contributed by atoms with van der Waals surface area (Å²) in [6, 6.07) is 11.9. The Labute approximate surface area is 115 Å². The van der Waals surface area contributed by atoms with Crippen LogP contribution in [0.5, 0.6) is 5.75 Å². The number of para-hydroxylation sites is 2. The maximum atomic E-state index is 11.5. The van der Waals surface area contributed by atoms with Crippen molar-refractivity contribution < 1.29 is 14.6 Å². The second kappa shape index (κ2) is 5.63. The lowest BCUT2D eigenvalue weighted by Crippen LogP contribution is -2.03. The van der Waals surface area contributed by atoms with Gasteiger partial charge in [0.15, 0.2) is 5.75 Å². The second-order valence-electron chi connectivity index (χ2n) is 3.80. The minimum absolute atomic E-state index is 0.0968. The van der Waals surface area contributed by atoms with E-state index in [9.17, 15) is 9.90 Å². The van der Waals surface area contributed by atoms with Crippen LogP contribution in [0.3, 0.4) is 0 Å². The van der Waals surface area contributed by atoms with Crippen molar-refractivity contribution in [3.05, 3.63) is 53.1 Å².